The van der Waals surface area contributed by atoms with Gasteiger partial charge in [0.2, 0.25) is 0 Å². The van der Waals surface area contributed by atoms with Crippen LogP contribution in [-0.4, -0.2) is 6.18 Å². The van der Waals surface area contributed by atoms with Crippen molar-refractivity contribution in [2.45, 2.75) is 65.0 Å². The molecule has 16 heavy (non-hydrogen) atoms. The van der Waals surface area contributed by atoms with Crippen LogP contribution in [0.2, 0.25) is 0 Å². The summed E-state index contributed by atoms with van der Waals surface area (Å²) in [6.45, 7) is 6.66. The molecular formula is C13H23F3. The molecule has 0 aliphatic carbocycles. The highest BCUT2D eigenvalue weighted by molar-refractivity contribution is 4.96. The zero-order valence-corrected chi connectivity index (χ0v) is 10.4. The van der Waals surface area contributed by atoms with Gasteiger partial charge in [0.25, 0.3) is 0 Å². The first kappa shape index (κ1) is 15.5. The van der Waals surface area contributed by atoms with Gasteiger partial charge in [-0.15, -0.1) is 6.58 Å². The van der Waals surface area contributed by atoms with Crippen LogP contribution < -0.4 is 0 Å². The summed E-state index contributed by atoms with van der Waals surface area (Å²) >= 11 is 0. The Labute approximate surface area is 96.9 Å². The third-order valence-corrected chi connectivity index (χ3v) is 3.15. The van der Waals surface area contributed by atoms with Crippen molar-refractivity contribution in [3.05, 3.63) is 12.7 Å². The lowest BCUT2D eigenvalue weighted by molar-refractivity contribution is -0.202. The molecule has 1 atom stereocenters. The van der Waals surface area contributed by atoms with E-state index < -0.39 is 11.6 Å². The fourth-order valence-corrected chi connectivity index (χ4v) is 1.63. The van der Waals surface area contributed by atoms with Gasteiger partial charge in [-0.2, -0.15) is 13.2 Å². The maximum absolute atomic E-state index is 12.7. The second-order valence-electron chi connectivity index (χ2n) is 4.64. The van der Waals surface area contributed by atoms with Gasteiger partial charge in [0, 0.05) is 0 Å². The van der Waals surface area contributed by atoms with E-state index in [9.17, 15) is 13.2 Å². The van der Waals surface area contributed by atoms with Crippen molar-refractivity contribution in [1.29, 1.82) is 0 Å². The second-order valence-corrected chi connectivity index (χ2v) is 4.64. The van der Waals surface area contributed by atoms with E-state index in [2.05, 4.69) is 13.5 Å². The van der Waals surface area contributed by atoms with Crippen LogP contribution in [0, 0.1) is 5.41 Å². The van der Waals surface area contributed by atoms with Crippen LogP contribution in [0.3, 0.4) is 0 Å². The molecule has 3 heteroatoms. The van der Waals surface area contributed by atoms with Crippen molar-refractivity contribution in [2.24, 2.45) is 5.41 Å². The van der Waals surface area contributed by atoms with Gasteiger partial charge in [0.1, 0.15) is 0 Å². The van der Waals surface area contributed by atoms with Gasteiger partial charge >= 0.3 is 6.18 Å². The monoisotopic (exact) mass is 236 g/mol. The van der Waals surface area contributed by atoms with Crippen LogP contribution in [0.4, 0.5) is 13.2 Å². The lowest BCUT2D eigenvalue weighted by Gasteiger charge is -2.28. The lowest BCUT2D eigenvalue weighted by Crippen LogP contribution is -2.32. The molecule has 0 aromatic carbocycles. The minimum atomic E-state index is -4.17. The Hall–Kier alpha value is -0.470. The fourth-order valence-electron chi connectivity index (χ4n) is 1.63. The Kier molecular flexibility index (Phi) is 6.77. The van der Waals surface area contributed by atoms with Crippen LogP contribution in [0.1, 0.15) is 58.8 Å². The summed E-state index contributed by atoms with van der Waals surface area (Å²) in [5.74, 6) is 0. The van der Waals surface area contributed by atoms with E-state index in [1.54, 1.807) is 0 Å². The molecule has 0 spiro atoms. The number of hydrogen-bond acceptors (Lipinski definition) is 0. The molecule has 0 saturated heterocycles. The Morgan fingerprint density at radius 2 is 1.50 bits per heavy atom. The maximum Gasteiger partial charge on any atom is 0.397 e. The highest BCUT2D eigenvalue weighted by atomic mass is 19.4. The van der Waals surface area contributed by atoms with Gasteiger partial charge in [-0.3, -0.25) is 0 Å². The molecule has 0 aliphatic heterocycles. The number of rotatable bonds is 8. The van der Waals surface area contributed by atoms with Crippen LogP contribution in [-0.2, 0) is 0 Å². The predicted molar refractivity (Wildman–Crippen MR) is 62.4 cm³/mol. The zero-order chi connectivity index (χ0) is 12.7. The second kappa shape index (κ2) is 6.97. The Balaban J connectivity index is 3.84. The molecule has 0 bridgehead atoms. The predicted octanol–water partition coefficient (Wildman–Crippen LogP) is 5.49. The summed E-state index contributed by atoms with van der Waals surface area (Å²) in [5.41, 5.74) is -1.71. The van der Waals surface area contributed by atoms with E-state index >= 15 is 0 Å². The third kappa shape index (κ3) is 5.04. The molecule has 0 aromatic heterocycles. The molecule has 0 heterocycles. The topological polar surface area (TPSA) is 0 Å². The van der Waals surface area contributed by atoms with E-state index in [-0.39, 0.29) is 6.42 Å². The summed E-state index contributed by atoms with van der Waals surface area (Å²) in [7, 11) is 0. The minimum Gasteiger partial charge on any atom is -0.170 e. The van der Waals surface area contributed by atoms with E-state index in [4.69, 9.17) is 0 Å². The standard InChI is InChI=1S/C13H23F3/c1-4-6-7-8-9-10-11-12(3,5-2)13(14,15)16/h5H,2,4,6-11H2,1,3H3. The molecule has 0 fully saturated rings. The molecule has 0 nitrogen and oxygen atoms in total. The lowest BCUT2D eigenvalue weighted by atomic mass is 9.84. The van der Waals surface area contributed by atoms with Crippen molar-refractivity contribution >= 4 is 0 Å². The summed E-state index contributed by atoms with van der Waals surface area (Å²) in [6.07, 6.45) is 3.06. The van der Waals surface area contributed by atoms with E-state index in [0.717, 1.165) is 31.8 Å². The van der Waals surface area contributed by atoms with Gasteiger partial charge in [-0.1, -0.05) is 51.5 Å². The fraction of sp³-hybridized carbons (Fsp3) is 0.846. The summed E-state index contributed by atoms with van der Waals surface area (Å²) in [5, 5.41) is 0. The summed E-state index contributed by atoms with van der Waals surface area (Å²) < 4.78 is 38.0. The van der Waals surface area contributed by atoms with Crippen LogP contribution in [0.15, 0.2) is 12.7 Å². The van der Waals surface area contributed by atoms with Crippen molar-refractivity contribution in [1.82, 2.24) is 0 Å². The molecule has 0 amide bonds. The van der Waals surface area contributed by atoms with Gasteiger partial charge < -0.3 is 0 Å². The molecular weight excluding hydrogens is 213 g/mol. The van der Waals surface area contributed by atoms with Crippen molar-refractivity contribution in [3.8, 4) is 0 Å². The van der Waals surface area contributed by atoms with Gasteiger partial charge in [-0.25, -0.2) is 0 Å². The van der Waals surface area contributed by atoms with E-state index in [1.165, 1.54) is 13.3 Å². The number of allylic oxidation sites excluding steroid dienone is 1. The van der Waals surface area contributed by atoms with Gasteiger partial charge in [0.15, 0.2) is 0 Å². The minimum absolute atomic E-state index is 0.159. The highest BCUT2D eigenvalue weighted by Gasteiger charge is 2.47. The smallest absolute Gasteiger partial charge is 0.170 e. The largest absolute Gasteiger partial charge is 0.397 e. The molecule has 1 unspecified atom stereocenters. The molecule has 0 N–H and O–H groups in total. The molecule has 96 valence electrons. The average molecular weight is 236 g/mol. The first-order valence-electron chi connectivity index (χ1n) is 6.07. The van der Waals surface area contributed by atoms with Crippen molar-refractivity contribution in [3.63, 3.8) is 0 Å². The quantitative estimate of drug-likeness (QED) is 0.386. The Morgan fingerprint density at radius 3 is 1.94 bits per heavy atom. The molecule has 0 rings (SSSR count). The van der Waals surface area contributed by atoms with Crippen LogP contribution in [0.25, 0.3) is 0 Å². The number of halogens is 3. The molecule has 0 aromatic rings. The number of unbranched alkanes of at least 4 members (excludes halogenated alkanes) is 5. The molecule has 0 saturated carbocycles. The van der Waals surface area contributed by atoms with Crippen LogP contribution in [0.5, 0.6) is 0 Å². The average Bonchev–Trinajstić information content (AvgIpc) is 2.21. The van der Waals surface area contributed by atoms with Gasteiger partial charge in [0.05, 0.1) is 5.41 Å². The van der Waals surface area contributed by atoms with Crippen molar-refractivity contribution in [2.75, 3.05) is 0 Å². The first-order valence-corrected chi connectivity index (χ1v) is 6.07. The van der Waals surface area contributed by atoms with Crippen molar-refractivity contribution < 1.29 is 13.2 Å². The summed E-state index contributed by atoms with van der Waals surface area (Å²) in [4.78, 5) is 0. The highest BCUT2D eigenvalue weighted by Crippen LogP contribution is 2.42. The zero-order valence-electron chi connectivity index (χ0n) is 10.4. The normalized spacial score (nSPS) is 15.8. The van der Waals surface area contributed by atoms with E-state index in [1.807, 2.05) is 0 Å². The number of alkyl halides is 3. The number of hydrogen-bond donors (Lipinski definition) is 0. The third-order valence-electron chi connectivity index (χ3n) is 3.15. The van der Waals surface area contributed by atoms with E-state index in [0.29, 0.717) is 6.42 Å². The SMILES string of the molecule is C=CC(C)(CCCCCCCC)C(F)(F)F. The van der Waals surface area contributed by atoms with Crippen LogP contribution >= 0.6 is 0 Å². The molecule has 0 radical (unpaired) electrons. The summed E-state index contributed by atoms with van der Waals surface area (Å²) in [6, 6.07) is 0. The maximum atomic E-state index is 12.7. The first-order chi connectivity index (χ1) is 7.37. The van der Waals surface area contributed by atoms with Gasteiger partial charge in [-0.05, 0) is 13.3 Å². The molecule has 0 aliphatic rings. The Morgan fingerprint density at radius 1 is 1.00 bits per heavy atom. The Bertz CT molecular complexity index is 196.